The van der Waals surface area contributed by atoms with Gasteiger partial charge in [0.25, 0.3) is 0 Å². The SMILES string of the molecule is CO/N=C1\CCC(C)(C)CC12CC(c1csc(C3CCN(C(C)=O)CC3)n1)=NO2. The van der Waals surface area contributed by atoms with Crippen LogP contribution in [0.2, 0.25) is 0 Å². The summed E-state index contributed by atoms with van der Waals surface area (Å²) in [6, 6.07) is 0. The van der Waals surface area contributed by atoms with E-state index in [1.54, 1.807) is 25.4 Å². The van der Waals surface area contributed by atoms with Crippen LogP contribution in [0, 0.1) is 5.41 Å². The van der Waals surface area contributed by atoms with Gasteiger partial charge in [0.05, 0.1) is 10.7 Å². The Labute approximate surface area is 176 Å². The number of likely N-dealkylation sites (tertiary alicyclic amines) is 1. The van der Waals surface area contributed by atoms with E-state index < -0.39 is 5.60 Å². The summed E-state index contributed by atoms with van der Waals surface area (Å²) in [5, 5.41) is 12.0. The summed E-state index contributed by atoms with van der Waals surface area (Å²) < 4.78 is 0. The van der Waals surface area contributed by atoms with Crippen LogP contribution in [0.15, 0.2) is 15.7 Å². The molecule has 0 aromatic carbocycles. The highest BCUT2D eigenvalue weighted by Crippen LogP contribution is 2.46. The molecule has 8 heteroatoms. The minimum atomic E-state index is -0.510. The molecule has 1 aromatic rings. The molecule has 2 fully saturated rings. The van der Waals surface area contributed by atoms with E-state index in [1.165, 1.54) is 0 Å². The zero-order valence-electron chi connectivity index (χ0n) is 17.7. The third-order valence-corrected chi connectivity index (χ3v) is 7.43. The van der Waals surface area contributed by atoms with E-state index in [0.717, 1.165) is 67.3 Å². The molecular weight excluding hydrogens is 388 g/mol. The topological polar surface area (TPSA) is 76.4 Å². The van der Waals surface area contributed by atoms with Crippen molar-refractivity contribution in [3.63, 3.8) is 0 Å². The van der Waals surface area contributed by atoms with Gasteiger partial charge in [-0.25, -0.2) is 4.98 Å². The van der Waals surface area contributed by atoms with E-state index in [9.17, 15) is 4.79 Å². The first-order chi connectivity index (χ1) is 13.8. The van der Waals surface area contributed by atoms with Crippen molar-refractivity contribution in [2.45, 2.75) is 70.8 Å². The predicted octanol–water partition coefficient (Wildman–Crippen LogP) is 3.94. The maximum absolute atomic E-state index is 11.6. The first kappa shape index (κ1) is 20.3. The number of piperidine rings is 1. The maximum Gasteiger partial charge on any atom is 0.219 e. The number of hydrogen-bond donors (Lipinski definition) is 0. The van der Waals surface area contributed by atoms with E-state index in [2.05, 4.69) is 29.5 Å². The van der Waals surface area contributed by atoms with Crippen LogP contribution < -0.4 is 0 Å². The second-order valence-electron chi connectivity index (χ2n) is 9.21. The van der Waals surface area contributed by atoms with Gasteiger partial charge in [0, 0.05) is 44.2 Å². The Morgan fingerprint density at radius 1 is 1.38 bits per heavy atom. The Morgan fingerprint density at radius 3 is 2.83 bits per heavy atom. The number of nitrogens with zero attached hydrogens (tertiary/aromatic N) is 4. The third-order valence-electron chi connectivity index (χ3n) is 6.42. The number of thiazole rings is 1. The number of oxime groups is 2. The van der Waals surface area contributed by atoms with Crippen molar-refractivity contribution in [3.8, 4) is 0 Å². The highest BCUT2D eigenvalue weighted by atomic mass is 32.1. The molecule has 1 atom stereocenters. The molecule has 3 aliphatic rings. The van der Waals surface area contributed by atoms with Crippen LogP contribution in [0.4, 0.5) is 0 Å². The Morgan fingerprint density at radius 2 is 2.14 bits per heavy atom. The van der Waals surface area contributed by atoms with Crippen molar-refractivity contribution in [2.75, 3.05) is 20.2 Å². The van der Waals surface area contributed by atoms with Gasteiger partial charge < -0.3 is 14.6 Å². The summed E-state index contributed by atoms with van der Waals surface area (Å²) in [6.07, 6.45) is 5.42. The minimum absolute atomic E-state index is 0.162. The van der Waals surface area contributed by atoms with Gasteiger partial charge in [0.15, 0.2) is 5.60 Å². The van der Waals surface area contributed by atoms with Crippen LogP contribution in [-0.4, -0.2) is 53.0 Å². The highest BCUT2D eigenvalue weighted by molar-refractivity contribution is 7.10. The second kappa shape index (κ2) is 7.70. The van der Waals surface area contributed by atoms with Crippen molar-refractivity contribution in [1.29, 1.82) is 0 Å². The van der Waals surface area contributed by atoms with Crippen LogP contribution in [0.5, 0.6) is 0 Å². The Hall–Kier alpha value is -1.96. The van der Waals surface area contributed by atoms with E-state index in [1.807, 2.05) is 4.90 Å². The second-order valence-corrected chi connectivity index (χ2v) is 10.1. The predicted molar refractivity (Wildman–Crippen MR) is 113 cm³/mol. The smallest absolute Gasteiger partial charge is 0.219 e. The highest BCUT2D eigenvalue weighted by Gasteiger charge is 2.51. The van der Waals surface area contributed by atoms with Gasteiger partial charge in [0.2, 0.25) is 5.91 Å². The first-order valence-corrected chi connectivity index (χ1v) is 11.3. The Kier molecular flexibility index (Phi) is 5.40. The quantitative estimate of drug-likeness (QED) is 0.697. The monoisotopic (exact) mass is 418 g/mol. The molecular formula is C21H30N4O3S. The molecule has 1 aliphatic carbocycles. The summed E-state index contributed by atoms with van der Waals surface area (Å²) in [7, 11) is 1.58. The van der Waals surface area contributed by atoms with E-state index >= 15 is 0 Å². The lowest BCUT2D eigenvalue weighted by Gasteiger charge is -2.40. The lowest BCUT2D eigenvalue weighted by molar-refractivity contribution is -0.129. The molecule has 4 rings (SSSR count). The normalized spacial score (nSPS) is 28.5. The van der Waals surface area contributed by atoms with Crippen molar-refractivity contribution < 1.29 is 14.5 Å². The fourth-order valence-corrected chi connectivity index (χ4v) is 5.80. The molecule has 1 aromatic heterocycles. The summed E-state index contributed by atoms with van der Waals surface area (Å²) in [6.45, 7) is 7.81. The molecule has 2 aliphatic heterocycles. The fraction of sp³-hybridized carbons (Fsp3) is 0.714. The molecule has 1 unspecified atom stereocenters. The molecule has 158 valence electrons. The number of rotatable bonds is 3. The van der Waals surface area contributed by atoms with Crippen LogP contribution in [0.25, 0.3) is 0 Å². The van der Waals surface area contributed by atoms with Gasteiger partial charge >= 0.3 is 0 Å². The molecule has 1 amide bonds. The maximum atomic E-state index is 11.6. The van der Waals surface area contributed by atoms with Crippen molar-refractivity contribution in [2.24, 2.45) is 15.7 Å². The summed E-state index contributed by atoms with van der Waals surface area (Å²) in [5.41, 5.74) is 2.43. The van der Waals surface area contributed by atoms with Gasteiger partial charge in [-0.05, 0) is 31.1 Å². The standard InChI is InChI=1S/C21H30N4O3S/c1-14(26)25-9-6-15(7-10-25)19-22-17(12-29-19)16-11-21(28-23-16)13-20(2,3)8-5-18(21)24-27-4/h12,15H,5-11,13H2,1-4H3/b24-18+. The van der Waals surface area contributed by atoms with Gasteiger partial charge in [-0.15, -0.1) is 11.3 Å². The average Bonchev–Trinajstić information content (AvgIpc) is 3.32. The molecule has 1 spiro atoms. The molecule has 1 saturated heterocycles. The zero-order chi connectivity index (χ0) is 20.6. The number of amides is 1. The zero-order valence-corrected chi connectivity index (χ0v) is 18.5. The van der Waals surface area contributed by atoms with Crippen molar-refractivity contribution >= 4 is 28.7 Å². The number of carbonyl (C=O) groups excluding carboxylic acids is 1. The number of carbonyl (C=O) groups is 1. The first-order valence-electron chi connectivity index (χ1n) is 10.4. The minimum Gasteiger partial charge on any atom is -0.399 e. The van der Waals surface area contributed by atoms with Crippen LogP contribution >= 0.6 is 11.3 Å². The van der Waals surface area contributed by atoms with E-state index in [4.69, 9.17) is 14.7 Å². The summed E-state index contributed by atoms with van der Waals surface area (Å²) in [4.78, 5) is 29.5. The lowest BCUT2D eigenvalue weighted by atomic mass is 9.67. The van der Waals surface area contributed by atoms with E-state index in [0.29, 0.717) is 12.3 Å². The molecule has 0 bridgehead atoms. The van der Waals surface area contributed by atoms with Crippen LogP contribution in [0.3, 0.4) is 0 Å². The molecule has 7 nitrogen and oxygen atoms in total. The summed E-state index contributed by atoms with van der Waals surface area (Å²) in [5.74, 6) is 0.579. The Balaban J connectivity index is 1.47. The lowest BCUT2D eigenvalue weighted by Crippen LogP contribution is -2.47. The van der Waals surface area contributed by atoms with Gasteiger partial charge in [-0.2, -0.15) is 0 Å². The third kappa shape index (κ3) is 4.04. The van der Waals surface area contributed by atoms with Crippen molar-refractivity contribution in [3.05, 3.63) is 16.1 Å². The molecule has 3 heterocycles. The molecule has 29 heavy (non-hydrogen) atoms. The average molecular weight is 419 g/mol. The van der Waals surface area contributed by atoms with Gasteiger partial charge in [-0.3, -0.25) is 4.79 Å². The number of aromatic nitrogens is 1. The molecule has 0 N–H and O–H groups in total. The van der Waals surface area contributed by atoms with Crippen LogP contribution in [-0.2, 0) is 14.5 Å². The fourth-order valence-electron chi connectivity index (χ4n) is 4.80. The van der Waals surface area contributed by atoms with E-state index in [-0.39, 0.29) is 11.3 Å². The summed E-state index contributed by atoms with van der Waals surface area (Å²) >= 11 is 1.69. The number of hydrogen-bond acceptors (Lipinski definition) is 7. The van der Waals surface area contributed by atoms with Crippen LogP contribution in [0.1, 0.15) is 75.9 Å². The Bertz CT molecular complexity index is 839. The van der Waals surface area contributed by atoms with Gasteiger partial charge in [-0.1, -0.05) is 24.2 Å². The largest absolute Gasteiger partial charge is 0.399 e. The molecule has 0 radical (unpaired) electrons. The molecule has 1 saturated carbocycles. The van der Waals surface area contributed by atoms with Crippen molar-refractivity contribution in [1.82, 2.24) is 9.88 Å². The van der Waals surface area contributed by atoms with Gasteiger partial charge in [0.1, 0.15) is 18.5 Å².